The largest absolute Gasteiger partial charge is 0.479 e. The summed E-state index contributed by atoms with van der Waals surface area (Å²) in [6.07, 6.45) is -1.06. The Hall–Kier alpha value is -3.29. The number of halogens is 1. The fraction of sp³-hybridized carbons (Fsp3) is 0.222. The highest BCUT2D eigenvalue weighted by Gasteiger charge is 2.20. The monoisotopic (exact) mass is 361 g/mol. The molecule has 0 aromatic heterocycles. The number of carbonyl (C=O) groups excluding carboxylic acids is 2. The lowest BCUT2D eigenvalue weighted by Crippen LogP contribution is -2.31. The number of amides is 1. The number of carbonyl (C=O) groups is 2. The number of anilines is 1. The number of esters is 1. The molecule has 0 saturated heterocycles. The molecule has 0 fully saturated rings. The summed E-state index contributed by atoms with van der Waals surface area (Å²) in [6.45, 7) is 1.04. The van der Waals surface area contributed by atoms with Crippen LogP contribution in [-0.4, -0.2) is 31.4 Å². The molecule has 0 spiro atoms. The Morgan fingerprint density at radius 3 is 2.77 bits per heavy atom. The first kappa shape index (κ1) is 17.5. The summed E-state index contributed by atoms with van der Waals surface area (Å²) in [5, 5.41) is 2.61. The molecule has 1 aliphatic heterocycles. The maximum atomic E-state index is 13.4. The van der Waals surface area contributed by atoms with Gasteiger partial charge < -0.3 is 24.3 Å². The van der Waals surface area contributed by atoms with E-state index in [2.05, 4.69) is 5.32 Å². The van der Waals surface area contributed by atoms with Gasteiger partial charge >= 0.3 is 5.97 Å². The van der Waals surface area contributed by atoms with E-state index in [-0.39, 0.29) is 12.5 Å². The number of nitrogens with one attached hydrogen (secondary N) is 1. The lowest BCUT2D eigenvalue weighted by atomic mass is 10.2. The van der Waals surface area contributed by atoms with Crippen molar-refractivity contribution in [3.05, 3.63) is 48.3 Å². The Balaban J connectivity index is 1.49. The molecule has 26 heavy (non-hydrogen) atoms. The molecule has 7 nitrogen and oxygen atoms in total. The standard InChI is InChI=1S/C18H16FNO6/c1-11(26-17(21)9-23-14-5-3-2-4-13(14)19)18(22)20-12-6-7-15-16(8-12)25-10-24-15/h2-8,11H,9-10H2,1H3,(H,20,22). The van der Waals surface area contributed by atoms with Crippen LogP contribution in [0.4, 0.5) is 10.1 Å². The molecule has 136 valence electrons. The van der Waals surface area contributed by atoms with Crippen molar-refractivity contribution in [1.82, 2.24) is 0 Å². The summed E-state index contributed by atoms with van der Waals surface area (Å²) in [6, 6.07) is 10.6. The summed E-state index contributed by atoms with van der Waals surface area (Å²) in [5.41, 5.74) is 0.477. The maximum Gasteiger partial charge on any atom is 0.344 e. The quantitative estimate of drug-likeness (QED) is 0.796. The molecule has 1 heterocycles. The number of ether oxygens (including phenoxy) is 4. The highest BCUT2D eigenvalue weighted by Crippen LogP contribution is 2.34. The lowest BCUT2D eigenvalue weighted by molar-refractivity contribution is -0.155. The molecule has 2 aromatic rings. The number of hydrogen-bond donors (Lipinski definition) is 1. The first-order valence-electron chi connectivity index (χ1n) is 7.80. The molecule has 2 aromatic carbocycles. The number of para-hydroxylation sites is 1. The third kappa shape index (κ3) is 4.21. The van der Waals surface area contributed by atoms with Crippen LogP contribution in [0.2, 0.25) is 0 Å². The van der Waals surface area contributed by atoms with E-state index in [1.165, 1.54) is 25.1 Å². The number of benzene rings is 2. The fourth-order valence-electron chi connectivity index (χ4n) is 2.20. The van der Waals surface area contributed by atoms with Gasteiger partial charge in [-0.15, -0.1) is 0 Å². The van der Waals surface area contributed by atoms with Crippen molar-refractivity contribution >= 4 is 17.6 Å². The fourth-order valence-corrected chi connectivity index (χ4v) is 2.20. The average Bonchev–Trinajstić information content (AvgIpc) is 3.08. The summed E-state index contributed by atoms with van der Waals surface area (Å²) < 4.78 is 33.8. The molecular weight excluding hydrogens is 345 g/mol. The minimum absolute atomic E-state index is 0.0677. The zero-order valence-electron chi connectivity index (χ0n) is 13.9. The Morgan fingerprint density at radius 2 is 1.96 bits per heavy atom. The number of fused-ring (bicyclic) bond motifs is 1. The summed E-state index contributed by atoms with van der Waals surface area (Å²) in [5.74, 6) is -0.862. The smallest absolute Gasteiger partial charge is 0.344 e. The molecule has 1 N–H and O–H groups in total. The molecule has 0 bridgehead atoms. The van der Waals surface area contributed by atoms with Crippen LogP contribution in [0.5, 0.6) is 17.2 Å². The van der Waals surface area contributed by atoms with Crippen LogP contribution in [0, 0.1) is 5.82 Å². The van der Waals surface area contributed by atoms with Gasteiger partial charge in [0.05, 0.1) is 0 Å². The van der Waals surface area contributed by atoms with Crippen LogP contribution in [0.15, 0.2) is 42.5 Å². The summed E-state index contributed by atoms with van der Waals surface area (Å²) in [4.78, 5) is 23.9. The molecule has 0 aliphatic carbocycles. The van der Waals surface area contributed by atoms with Crippen LogP contribution in [-0.2, 0) is 14.3 Å². The van der Waals surface area contributed by atoms with E-state index in [1.54, 1.807) is 24.3 Å². The lowest BCUT2D eigenvalue weighted by Gasteiger charge is -2.14. The van der Waals surface area contributed by atoms with Gasteiger partial charge in [0.15, 0.2) is 35.8 Å². The Bertz CT molecular complexity index is 825. The Labute approximate surface area is 148 Å². The third-order valence-corrected chi connectivity index (χ3v) is 3.50. The highest BCUT2D eigenvalue weighted by molar-refractivity contribution is 5.95. The molecule has 1 unspecified atom stereocenters. The van der Waals surface area contributed by atoms with Crippen molar-refractivity contribution in [2.75, 3.05) is 18.7 Å². The highest BCUT2D eigenvalue weighted by atomic mass is 19.1. The average molecular weight is 361 g/mol. The van der Waals surface area contributed by atoms with E-state index in [1.807, 2.05) is 0 Å². The zero-order chi connectivity index (χ0) is 18.5. The van der Waals surface area contributed by atoms with Gasteiger partial charge in [-0.3, -0.25) is 4.79 Å². The van der Waals surface area contributed by atoms with Crippen molar-refractivity contribution < 1.29 is 32.9 Å². The molecule has 3 rings (SSSR count). The second kappa shape index (κ2) is 7.73. The van der Waals surface area contributed by atoms with Gasteiger partial charge in [-0.1, -0.05) is 12.1 Å². The van der Waals surface area contributed by atoms with Gasteiger partial charge in [-0.05, 0) is 31.2 Å². The van der Waals surface area contributed by atoms with Crippen LogP contribution in [0.1, 0.15) is 6.92 Å². The van der Waals surface area contributed by atoms with E-state index in [4.69, 9.17) is 18.9 Å². The predicted octanol–water partition coefficient (Wildman–Crippen LogP) is 2.50. The van der Waals surface area contributed by atoms with Gasteiger partial charge in [0.25, 0.3) is 5.91 Å². The molecule has 0 saturated carbocycles. The molecular formula is C18H16FNO6. The van der Waals surface area contributed by atoms with E-state index in [0.717, 1.165) is 0 Å². The zero-order valence-corrected chi connectivity index (χ0v) is 13.9. The number of hydrogen-bond acceptors (Lipinski definition) is 6. The van der Waals surface area contributed by atoms with Gasteiger partial charge in [-0.2, -0.15) is 0 Å². The van der Waals surface area contributed by atoms with Crippen molar-refractivity contribution in [3.63, 3.8) is 0 Å². The second-order valence-corrected chi connectivity index (χ2v) is 5.41. The first-order chi connectivity index (χ1) is 12.5. The topological polar surface area (TPSA) is 83.1 Å². The Kier molecular flexibility index (Phi) is 5.21. The predicted molar refractivity (Wildman–Crippen MR) is 88.6 cm³/mol. The second-order valence-electron chi connectivity index (χ2n) is 5.41. The summed E-state index contributed by atoms with van der Waals surface area (Å²) >= 11 is 0. The van der Waals surface area contributed by atoms with E-state index >= 15 is 0 Å². The maximum absolute atomic E-state index is 13.4. The van der Waals surface area contributed by atoms with Crippen molar-refractivity contribution in [2.45, 2.75) is 13.0 Å². The third-order valence-electron chi connectivity index (χ3n) is 3.50. The summed E-state index contributed by atoms with van der Waals surface area (Å²) in [7, 11) is 0. The van der Waals surface area contributed by atoms with Crippen LogP contribution in [0.25, 0.3) is 0 Å². The normalized spacial score (nSPS) is 13.0. The first-order valence-corrected chi connectivity index (χ1v) is 7.80. The molecule has 1 aliphatic rings. The molecule has 8 heteroatoms. The van der Waals surface area contributed by atoms with Crippen LogP contribution < -0.4 is 19.5 Å². The SMILES string of the molecule is CC(OC(=O)COc1ccccc1F)C(=O)Nc1ccc2c(c1)OCO2. The molecule has 1 atom stereocenters. The van der Waals surface area contributed by atoms with E-state index in [0.29, 0.717) is 17.2 Å². The molecule has 1 amide bonds. The van der Waals surface area contributed by atoms with Gasteiger partial charge in [0, 0.05) is 11.8 Å². The van der Waals surface area contributed by atoms with Crippen molar-refractivity contribution in [1.29, 1.82) is 0 Å². The van der Waals surface area contributed by atoms with Gasteiger partial charge in [0.2, 0.25) is 6.79 Å². The minimum Gasteiger partial charge on any atom is -0.479 e. The number of rotatable bonds is 6. The van der Waals surface area contributed by atoms with Crippen molar-refractivity contribution in [2.24, 2.45) is 0 Å². The van der Waals surface area contributed by atoms with Gasteiger partial charge in [-0.25, -0.2) is 9.18 Å². The molecule has 0 radical (unpaired) electrons. The van der Waals surface area contributed by atoms with Crippen molar-refractivity contribution in [3.8, 4) is 17.2 Å². The Morgan fingerprint density at radius 1 is 1.19 bits per heavy atom. The van der Waals surface area contributed by atoms with E-state index in [9.17, 15) is 14.0 Å². The van der Waals surface area contributed by atoms with Crippen LogP contribution >= 0.6 is 0 Å². The van der Waals surface area contributed by atoms with E-state index < -0.39 is 30.4 Å². The van der Waals surface area contributed by atoms with Gasteiger partial charge in [0.1, 0.15) is 0 Å². The minimum atomic E-state index is -1.06. The van der Waals surface area contributed by atoms with Crippen LogP contribution in [0.3, 0.4) is 0 Å².